The fourth-order valence-corrected chi connectivity index (χ4v) is 10.5. The quantitative estimate of drug-likeness (QED) is 0.149. The highest BCUT2D eigenvalue weighted by Gasteiger charge is 2.45. The predicted molar refractivity (Wildman–Crippen MR) is 295 cm³/mol. The van der Waals surface area contributed by atoms with E-state index < -0.39 is 0 Å². The van der Waals surface area contributed by atoms with E-state index in [0.717, 1.165) is 51.1 Å². The van der Waals surface area contributed by atoms with E-state index in [-0.39, 0.29) is 28.4 Å². The molecule has 0 aliphatic carbocycles. The summed E-state index contributed by atoms with van der Waals surface area (Å²) >= 11 is 0. The molecule has 2 heterocycles. The van der Waals surface area contributed by atoms with Crippen LogP contribution < -0.4 is 31.1 Å². The molecule has 342 valence electrons. The molecule has 0 unspecified atom stereocenters. The van der Waals surface area contributed by atoms with Crippen LogP contribution in [0.4, 0.5) is 51.2 Å². The largest absolute Gasteiger partial charge is 0.311 e. The number of rotatable bonds is 7. The van der Waals surface area contributed by atoms with Crippen LogP contribution in [0.3, 0.4) is 0 Å². The third-order valence-electron chi connectivity index (χ3n) is 14.6. The molecule has 8 aromatic rings. The van der Waals surface area contributed by atoms with Gasteiger partial charge >= 0.3 is 0 Å². The second kappa shape index (κ2) is 16.7. The minimum absolute atomic E-state index is 0.00469. The van der Waals surface area contributed by atoms with Gasteiger partial charge in [0.1, 0.15) is 6.07 Å². The van der Waals surface area contributed by atoms with Gasteiger partial charge in [-0.15, -0.1) is 0 Å². The molecule has 10 rings (SSSR count). The maximum atomic E-state index is 11.4. The predicted octanol–water partition coefficient (Wildman–Crippen LogP) is 15.3. The van der Waals surface area contributed by atoms with Crippen molar-refractivity contribution in [1.29, 1.82) is 5.26 Å². The van der Waals surface area contributed by atoms with Crippen LogP contribution in [0.15, 0.2) is 182 Å². The van der Waals surface area contributed by atoms with Crippen molar-refractivity contribution < 1.29 is 0 Å². The second-order valence-corrected chi connectivity index (χ2v) is 22.7. The summed E-state index contributed by atoms with van der Waals surface area (Å²) in [6.45, 7) is 25.1. The van der Waals surface area contributed by atoms with Gasteiger partial charge < -0.3 is 14.7 Å². The van der Waals surface area contributed by atoms with Gasteiger partial charge in [0.15, 0.2) is 0 Å². The van der Waals surface area contributed by atoms with Gasteiger partial charge in [-0.05, 0) is 133 Å². The Morgan fingerprint density at radius 2 is 0.826 bits per heavy atom. The topological polar surface area (TPSA) is 33.5 Å². The van der Waals surface area contributed by atoms with Gasteiger partial charge in [-0.25, -0.2) is 0 Å². The molecule has 2 aliphatic rings. The number of para-hydroxylation sites is 2. The number of anilines is 9. The van der Waals surface area contributed by atoms with Crippen molar-refractivity contribution in [2.24, 2.45) is 0 Å². The second-order valence-electron chi connectivity index (χ2n) is 22.7. The lowest BCUT2D eigenvalue weighted by molar-refractivity contribution is 0.590. The van der Waals surface area contributed by atoms with Gasteiger partial charge in [0, 0.05) is 45.2 Å². The van der Waals surface area contributed by atoms with Crippen LogP contribution in [-0.4, -0.2) is 6.71 Å². The van der Waals surface area contributed by atoms with Gasteiger partial charge in [0.2, 0.25) is 0 Å². The summed E-state index contributed by atoms with van der Waals surface area (Å²) < 4.78 is 0. The van der Waals surface area contributed by atoms with Crippen LogP contribution in [0.5, 0.6) is 0 Å². The zero-order chi connectivity index (χ0) is 48.6. The summed E-state index contributed by atoms with van der Waals surface area (Å²) in [7, 11) is 0. The van der Waals surface area contributed by atoms with Crippen LogP contribution >= 0.6 is 0 Å². The van der Waals surface area contributed by atoms with E-state index in [9.17, 15) is 5.26 Å². The SMILES string of the molecule is CC(C)(C)c1ccc(N2c3ccc(C(C)(C)C)cc3B3c4cc(C(C)(C)C)ccc4N(c4ccc(C(C)(C)c5ccccc5)cc4C#N)c4cc(N(c5ccccc5)c5ccccc5)cc2c43)cc1. The highest BCUT2D eigenvalue weighted by molar-refractivity contribution is 7.00. The molecule has 0 aromatic heterocycles. The highest BCUT2D eigenvalue weighted by atomic mass is 15.2. The Morgan fingerprint density at radius 1 is 0.391 bits per heavy atom. The van der Waals surface area contributed by atoms with Crippen molar-refractivity contribution in [3.8, 4) is 6.07 Å². The van der Waals surface area contributed by atoms with Crippen molar-refractivity contribution in [3.63, 3.8) is 0 Å². The molecule has 0 atom stereocenters. The number of benzene rings is 8. The highest BCUT2D eigenvalue weighted by Crippen LogP contribution is 2.50. The minimum atomic E-state index is -0.333. The van der Waals surface area contributed by atoms with Gasteiger partial charge in [-0.3, -0.25) is 0 Å². The third kappa shape index (κ3) is 8.00. The van der Waals surface area contributed by atoms with Gasteiger partial charge in [-0.2, -0.15) is 5.26 Å². The van der Waals surface area contributed by atoms with Crippen LogP contribution in [0.2, 0.25) is 0 Å². The first-order chi connectivity index (χ1) is 32.8. The van der Waals surface area contributed by atoms with Crippen LogP contribution in [0.1, 0.15) is 110 Å². The summed E-state index contributed by atoms with van der Waals surface area (Å²) in [6, 6.07) is 69.6. The molecule has 4 nitrogen and oxygen atoms in total. The zero-order valence-corrected chi connectivity index (χ0v) is 42.2. The Bertz CT molecular complexity index is 3220. The third-order valence-corrected chi connectivity index (χ3v) is 14.6. The molecule has 0 spiro atoms. The van der Waals surface area contributed by atoms with E-state index in [0.29, 0.717) is 5.56 Å². The van der Waals surface area contributed by atoms with Gasteiger partial charge in [-0.1, -0.05) is 185 Å². The maximum Gasteiger partial charge on any atom is 0.252 e. The van der Waals surface area contributed by atoms with Crippen molar-refractivity contribution in [2.75, 3.05) is 14.7 Å². The fraction of sp³-hybridized carbons (Fsp3) is 0.234. The average Bonchev–Trinajstić information content (AvgIpc) is 3.33. The minimum Gasteiger partial charge on any atom is -0.311 e. The monoisotopic (exact) mass is 899 g/mol. The fourth-order valence-electron chi connectivity index (χ4n) is 10.5. The van der Waals surface area contributed by atoms with Crippen LogP contribution in [0.25, 0.3) is 0 Å². The lowest BCUT2D eigenvalue weighted by atomic mass is 9.33. The summed E-state index contributed by atoms with van der Waals surface area (Å²) in [5.41, 5.74) is 19.5. The number of hydrogen-bond acceptors (Lipinski definition) is 4. The molecule has 0 fully saturated rings. The summed E-state index contributed by atoms with van der Waals surface area (Å²) in [5, 5.41) is 11.4. The molecule has 0 N–H and O–H groups in total. The molecule has 8 aromatic carbocycles. The van der Waals surface area contributed by atoms with Crippen LogP contribution in [-0.2, 0) is 21.7 Å². The Labute approximate surface area is 411 Å². The Kier molecular flexibility index (Phi) is 11.0. The summed E-state index contributed by atoms with van der Waals surface area (Å²) in [6.07, 6.45) is 0. The molecular formula is C64H63BN4. The number of fused-ring (bicyclic) bond motifs is 4. The first kappa shape index (κ1) is 45.5. The first-order valence-electron chi connectivity index (χ1n) is 24.5. The Hall–Kier alpha value is -7.29. The van der Waals surface area contributed by atoms with E-state index >= 15 is 0 Å². The summed E-state index contributed by atoms with van der Waals surface area (Å²) in [5.74, 6) is 0. The van der Waals surface area contributed by atoms with Crippen molar-refractivity contribution >= 4 is 74.3 Å². The molecule has 0 radical (unpaired) electrons. The van der Waals surface area contributed by atoms with E-state index in [1.165, 1.54) is 44.3 Å². The van der Waals surface area contributed by atoms with Crippen molar-refractivity contribution in [2.45, 2.75) is 97.8 Å². The molecular weight excluding hydrogens is 836 g/mol. The Balaban J connectivity index is 1.34. The normalized spacial score (nSPS) is 13.3. The molecule has 0 saturated heterocycles. The molecule has 0 bridgehead atoms. The zero-order valence-electron chi connectivity index (χ0n) is 42.2. The average molecular weight is 899 g/mol. The number of nitriles is 1. The van der Waals surface area contributed by atoms with E-state index in [2.05, 4.69) is 279 Å². The Morgan fingerprint density at radius 3 is 1.32 bits per heavy atom. The lowest BCUT2D eigenvalue weighted by Gasteiger charge is -2.46. The maximum absolute atomic E-state index is 11.4. The van der Waals surface area contributed by atoms with Crippen molar-refractivity contribution in [1.82, 2.24) is 0 Å². The summed E-state index contributed by atoms with van der Waals surface area (Å²) in [4.78, 5) is 7.29. The standard InChI is InChI=1S/C64H63BN4/c1-61(2,3)44-27-32-51(33-28-44)68-56-35-29-46(62(4,5)6)38-53(56)65-54-39-47(63(7,8)9)30-36-57(54)69(55-34-31-48(37-43(55)42-66)64(10,11)45-21-15-12-16-22-45)59-41-52(40-58(68)60(59)65)67(49-23-17-13-18-24-49)50-25-19-14-20-26-50/h12-41H,1-11H3. The van der Waals surface area contributed by atoms with E-state index in [4.69, 9.17) is 0 Å². The van der Waals surface area contributed by atoms with E-state index in [1.54, 1.807) is 0 Å². The smallest absolute Gasteiger partial charge is 0.252 e. The van der Waals surface area contributed by atoms with Gasteiger partial charge in [0.05, 0.1) is 16.9 Å². The van der Waals surface area contributed by atoms with E-state index in [1.807, 2.05) is 0 Å². The first-order valence-corrected chi connectivity index (χ1v) is 24.5. The van der Waals surface area contributed by atoms with Crippen molar-refractivity contribution in [3.05, 3.63) is 215 Å². The molecule has 0 amide bonds. The van der Waals surface area contributed by atoms with Crippen LogP contribution in [0, 0.1) is 11.3 Å². The molecule has 0 saturated carbocycles. The molecule has 69 heavy (non-hydrogen) atoms. The molecule has 2 aliphatic heterocycles. The number of hydrogen-bond donors (Lipinski definition) is 0. The molecule has 5 heteroatoms. The van der Waals surface area contributed by atoms with Gasteiger partial charge in [0.25, 0.3) is 6.71 Å². The number of nitrogens with zero attached hydrogens (tertiary/aromatic N) is 4. The lowest BCUT2D eigenvalue weighted by Crippen LogP contribution is -2.61.